The molecule has 2 aliphatic rings. The molecule has 0 aromatic rings. The van der Waals surface area contributed by atoms with Gasteiger partial charge < -0.3 is 9.47 Å². The normalized spacial score (nSPS) is 48.0. The van der Waals surface area contributed by atoms with Crippen LogP contribution >= 0.6 is 0 Å². The van der Waals surface area contributed by atoms with Gasteiger partial charge in [0.2, 0.25) is 0 Å². The van der Waals surface area contributed by atoms with E-state index in [0.717, 1.165) is 0 Å². The molecule has 2 unspecified atom stereocenters. The lowest BCUT2D eigenvalue weighted by atomic mass is 9.93. The van der Waals surface area contributed by atoms with Gasteiger partial charge in [-0.3, -0.25) is 0 Å². The molecule has 1 saturated heterocycles. The summed E-state index contributed by atoms with van der Waals surface area (Å²) in [7, 11) is 0. The largest absolute Gasteiger partial charge is 0.349 e. The first-order valence-corrected chi connectivity index (χ1v) is 2.70. The molecule has 40 valence electrons. The van der Waals surface area contributed by atoms with E-state index in [-0.39, 0.29) is 0 Å². The van der Waals surface area contributed by atoms with Crippen molar-refractivity contribution in [1.82, 2.24) is 0 Å². The molecule has 0 amide bonds. The van der Waals surface area contributed by atoms with Gasteiger partial charge in [0, 0.05) is 0 Å². The van der Waals surface area contributed by atoms with Gasteiger partial charge >= 0.3 is 0 Å². The minimum atomic E-state index is 0.472. The van der Waals surface area contributed by atoms with E-state index >= 15 is 0 Å². The topological polar surface area (TPSA) is 18.5 Å². The molecule has 7 heavy (non-hydrogen) atoms. The van der Waals surface area contributed by atoms with Crippen LogP contribution in [0.5, 0.6) is 0 Å². The molecule has 1 aliphatic carbocycles. The zero-order valence-electron chi connectivity index (χ0n) is 4.09. The lowest BCUT2D eigenvalue weighted by Crippen LogP contribution is -2.33. The van der Waals surface area contributed by atoms with Gasteiger partial charge in [-0.05, 0) is 12.8 Å². The van der Waals surface area contributed by atoms with Gasteiger partial charge in [0.15, 0.2) is 0 Å². The van der Waals surface area contributed by atoms with Crippen molar-refractivity contribution in [2.24, 2.45) is 0 Å². The number of ether oxygens (including phenoxy) is 2. The van der Waals surface area contributed by atoms with Crippen molar-refractivity contribution in [3.63, 3.8) is 0 Å². The second-order valence-corrected chi connectivity index (χ2v) is 2.11. The molecule has 0 radical (unpaired) electrons. The molecule has 2 nitrogen and oxygen atoms in total. The number of fused-ring (bicyclic) bond motifs is 1. The summed E-state index contributed by atoms with van der Waals surface area (Å²) >= 11 is 0. The van der Waals surface area contributed by atoms with Crippen LogP contribution in [0.2, 0.25) is 0 Å². The molecule has 1 aliphatic heterocycles. The lowest BCUT2D eigenvalue weighted by molar-refractivity contribution is 0.0509. The van der Waals surface area contributed by atoms with E-state index in [0.29, 0.717) is 19.0 Å². The van der Waals surface area contributed by atoms with Crippen molar-refractivity contribution < 1.29 is 9.47 Å². The van der Waals surface area contributed by atoms with Gasteiger partial charge in [-0.25, -0.2) is 0 Å². The number of hydrogen-bond acceptors (Lipinski definition) is 2. The fourth-order valence-corrected chi connectivity index (χ4v) is 1.03. The summed E-state index contributed by atoms with van der Waals surface area (Å²) in [4.78, 5) is 0. The molecule has 0 bridgehead atoms. The number of hydrogen-bond donors (Lipinski definition) is 0. The van der Waals surface area contributed by atoms with Crippen LogP contribution in [0.1, 0.15) is 12.8 Å². The zero-order chi connectivity index (χ0) is 4.69. The molecule has 0 spiro atoms. The monoisotopic (exact) mass is 100 g/mol. The quantitative estimate of drug-likeness (QED) is 0.442. The molecule has 1 heterocycles. The summed E-state index contributed by atoms with van der Waals surface area (Å²) in [6.45, 7) is 0.537. The average Bonchev–Trinajstić information content (AvgIpc) is 1.85. The minimum absolute atomic E-state index is 0.472. The Labute approximate surface area is 42.4 Å². The second-order valence-electron chi connectivity index (χ2n) is 2.11. The van der Waals surface area contributed by atoms with Crippen molar-refractivity contribution in [2.45, 2.75) is 25.0 Å². The van der Waals surface area contributed by atoms with Crippen LogP contribution in [-0.2, 0) is 9.47 Å². The van der Waals surface area contributed by atoms with Gasteiger partial charge in [0.25, 0.3) is 0 Å². The van der Waals surface area contributed by atoms with Crippen LogP contribution in [0.3, 0.4) is 0 Å². The van der Waals surface area contributed by atoms with Gasteiger partial charge in [0.1, 0.15) is 6.79 Å². The molecular formula is C5H8O2. The SMILES string of the molecule is C1OC2CCC2O1. The second kappa shape index (κ2) is 1.20. The molecule has 2 rings (SSSR count). The Balaban J connectivity index is 2.03. The van der Waals surface area contributed by atoms with E-state index in [9.17, 15) is 0 Å². The van der Waals surface area contributed by atoms with Gasteiger partial charge in [-0.15, -0.1) is 0 Å². The minimum Gasteiger partial charge on any atom is -0.349 e. The molecule has 2 fully saturated rings. The van der Waals surface area contributed by atoms with Crippen molar-refractivity contribution in [3.8, 4) is 0 Å². The van der Waals surface area contributed by atoms with Crippen LogP contribution in [0.25, 0.3) is 0 Å². The number of rotatable bonds is 0. The van der Waals surface area contributed by atoms with E-state index < -0.39 is 0 Å². The highest BCUT2D eigenvalue weighted by atomic mass is 16.7. The van der Waals surface area contributed by atoms with Crippen molar-refractivity contribution in [1.29, 1.82) is 0 Å². The Morgan fingerprint density at radius 3 is 1.86 bits per heavy atom. The Bertz CT molecular complexity index is 72.1. The van der Waals surface area contributed by atoms with Crippen molar-refractivity contribution in [3.05, 3.63) is 0 Å². The third-order valence-corrected chi connectivity index (χ3v) is 1.71. The van der Waals surface area contributed by atoms with E-state index in [1.807, 2.05) is 0 Å². The molecule has 0 aromatic carbocycles. The molecule has 0 aromatic heterocycles. The smallest absolute Gasteiger partial charge is 0.147 e. The molecule has 2 atom stereocenters. The molecule has 0 N–H and O–H groups in total. The summed E-state index contributed by atoms with van der Waals surface area (Å²) in [6.07, 6.45) is 3.37. The predicted molar refractivity (Wildman–Crippen MR) is 23.8 cm³/mol. The fraction of sp³-hybridized carbons (Fsp3) is 1.00. The Hall–Kier alpha value is -0.0800. The average molecular weight is 100 g/mol. The first-order chi connectivity index (χ1) is 3.47. The Morgan fingerprint density at radius 1 is 1.00 bits per heavy atom. The summed E-state index contributed by atoms with van der Waals surface area (Å²) in [5.41, 5.74) is 0. The maximum Gasteiger partial charge on any atom is 0.147 e. The van der Waals surface area contributed by atoms with Crippen LogP contribution in [0.4, 0.5) is 0 Å². The summed E-state index contributed by atoms with van der Waals surface area (Å²) in [5, 5.41) is 0. The van der Waals surface area contributed by atoms with Crippen LogP contribution in [0, 0.1) is 0 Å². The van der Waals surface area contributed by atoms with E-state index in [4.69, 9.17) is 9.47 Å². The molecular weight excluding hydrogens is 92.1 g/mol. The third kappa shape index (κ3) is 0.409. The Kier molecular flexibility index (Phi) is 0.664. The fourth-order valence-electron chi connectivity index (χ4n) is 1.03. The first-order valence-electron chi connectivity index (χ1n) is 2.70. The first kappa shape index (κ1) is 3.87. The van der Waals surface area contributed by atoms with Crippen LogP contribution in [-0.4, -0.2) is 19.0 Å². The molecule has 2 heteroatoms. The maximum absolute atomic E-state index is 5.13. The van der Waals surface area contributed by atoms with Crippen LogP contribution in [0.15, 0.2) is 0 Å². The zero-order valence-corrected chi connectivity index (χ0v) is 4.09. The van der Waals surface area contributed by atoms with Crippen molar-refractivity contribution in [2.75, 3.05) is 6.79 Å². The van der Waals surface area contributed by atoms with Gasteiger partial charge in [-0.2, -0.15) is 0 Å². The predicted octanol–water partition coefficient (Wildman–Crippen LogP) is 0.522. The highest BCUT2D eigenvalue weighted by Gasteiger charge is 2.37. The van der Waals surface area contributed by atoms with E-state index in [2.05, 4.69) is 0 Å². The maximum atomic E-state index is 5.13. The highest BCUT2D eigenvalue weighted by molar-refractivity contribution is 4.84. The lowest BCUT2D eigenvalue weighted by Gasteiger charge is -2.25. The van der Waals surface area contributed by atoms with Gasteiger partial charge in [-0.1, -0.05) is 0 Å². The van der Waals surface area contributed by atoms with E-state index in [1.54, 1.807) is 0 Å². The molecule has 1 saturated carbocycles. The highest BCUT2D eigenvalue weighted by Crippen LogP contribution is 2.30. The third-order valence-electron chi connectivity index (χ3n) is 1.71. The van der Waals surface area contributed by atoms with Gasteiger partial charge in [0.05, 0.1) is 12.2 Å². The summed E-state index contributed by atoms with van der Waals surface area (Å²) in [5.74, 6) is 0. The summed E-state index contributed by atoms with van der Waals surface area (Å²) in [6, 6.07) is 0. The summed E-state index contributed by atoms with van der Waals surface area (Å²) < 4.78 is 10.3. The standard InChI is InChI=1S/C5H8O2/c1-2-5-4(1)6-3-7-5/h4-5H,1-3H2. The van der Waals surface area contributed by atoms with Crippen LogP contribution < -0.4 is 0 Å². The van der Waals surface area contributed by atoms with Crippen molar-refractivity contribution >= 4 is 0 Å². The Morgan fingerprint density at radius 2 is 1.57 bits per heavy atom. The van der Waals surface area contributed by atoms with E-state index in [1.165, 1.54) is 12.8 Å².